The summed E-state index contributed by atoms with van der Waals surface area (Å²) >= 11 is 1.23. The Kier molecular flexibility index (Phi) is 11.5. The quantitative estimate of drug-likeness (QED) is 0.0923. The Morgan fingerprint density at radius 3 is 2.44 bits per heavy atom. The number of hydrogen-bond acceptors (Lipinski definition) is 8. The second kappa shape index (κ2) is 15.2. The fraction of sp³-hybridized carbons (Fsp3) is 0.265. The van der Waals surface area contributed by atoms with Gasteiger partial charge in [0.15, 0.2) is 11.6 Å². The number of aliphatic hydroxyl groups is 1. The molecular weight excluding hydrogens is 709 g/mol. The maximum atomic E-state index is 15.3. The van der Waals surface area contributed by atoms with E-state index in [4.69, 9.17) is 10.00 Å². The number of halogens is 4. The number of nitrogens with one attached hydrogen (secondary N) is 1. The van der Waals surface area contributed by atoms with Gasteiger partial charge in [0.05, 0.1) is 35.4 Å². The van der Waals surface area contributed by atoms with Gasteiger partial charge in [0, 0.05) is 33.6 Å². The topological polar surface area (TPSA) is 117 Å². The standard InChI is InChI=1S/C34H32F3N6O3S.BrH/c1-20-9-24(10-21(2)32(20)46-31(44)14-39-4)15-42-18-40-43(19-42)17-34(45,26-11-28(36)29(37)12-27(26)35)22(3)33-41-30(16-47-33)25-7-5-23(13-38)6-8-25;/h5-12,16,18-19,22,39,45H,14-15,17H2,1-4H3;1H/q+1;/p-1/t22-,34+;/m0./s1. The Balaban J connectivity index is 0.00000520. The SMILES string of the molecule is CNCC(=O)Oc1c(C)cc(C[n+]2cnn(C[C@](O)(c3cc(F)c(F)cc3F)[C@@H](C)c3nc(-c4ccc(C#N)cc4)cs3)c2)cc1C.[Br-]. The Morgan fingerprint density at radius 2 is 1.79 bits per heavy atom. The number of carbonyl (C=O) groups is 1. The Labute approximate surface area is 290 Å². The van der Waals surface area contributed by atoms with Crippen LogP contribution in [-0.2, 0) is 23.5 Å². The van der Waals surface area contributed by atoms with E-state index in [1.807, 2.05) is 26.0 Å². The van der Waals surface area contributed by atoms with Crippen molar-refractivity contribution in [3.63, 3.8) is 0 Å². The van der Waals surface area contributed by atoms with Gasteiger partial charge in [0.2, 0.25) is 6.33 Å². The lowest BCUT2D eigenvalue weighted by molar-refractivity contribution is -0.689. The second-order valence-electron chi connectivity index (χ2n) is 11.3. The van der Waals surface area contributed by atoms with E-state index in [9.17, 15) is 18.7 Å². The molecule has 0 saturated heterocycles. The van der Waals surface area contributed by atoms with Gasteiger partial charge in [0.25, 0.3) is 6.33 Å². The van der Waals surface area contributed by atoms with Gasteiger partial charge < -0.3 is 32.1 Å². The first-order valence-corrected chi connectivity index (χ1v) is 15.5. The van der Waals surface area contributed by atoms with E-state index in [2.05, 4.69) is 21.5 Å². The number of aryl methyl sites for hydroxylation is 2. The fourth-order valence-electron chi connectivity index (χ4n) is 5.42. The molecule has 250 valence electrons. The smallest absolute Gasteiger partial charge is 0.325 e. The average molecular weight is 742 g/mol. The summed E-state index contributed by atoms with van der Waals surface area (Å²) in [4.78, 5) is 16.7. The summed E-state index contributed by atoms with van der Waals surface area (Å²) in [5.41, 5.74) is 1.72. The van der Waals surface area contributed by atoms with E-state index in [-0.39, 0.29) is 30.1 Å². The van der Waals surface area contributed by atoms with Crippen molar-refractivity contribution in [1.82, 2.24) is 20.1 Å². The highest BCUT2D eigenvalue weighted by molar-refractivity contribution is 7.10. The van der Waals surface area contributed by atoms with Crippen LogP contribution < -0.4 is 31.6 Å². The van der Waals surface area contributed by atoms with Gasteiger partial charge in [-0.15, -0.1) is 16.0 Å². The second-order valence-corrected chi connectivity index (χ2v) is 12.2. The first-order chi connectivity index (χ1) is 22.4. The van der Waals surface area contributed by atoms with Crippen LogP contribution in [0.3, 0.4) is 0 Å². The van der Waals surface area contributed by atoms with Crippen molar-refractivity contribution in [2.75, 3.05) is 13.6 Å². The average Bonchev–Trinajstić information content (AvgIpc) is 3.70. The molecular formula is C34H32BrF3N6O3S. The molecule has 9 nitrogen and oxygen atoms in total. The highest BCUT2D eigenvalue weighted by Crippen LogP contribution is 2.42. The van der Waals surface area contributed by atoms with Gasteiger partial charge in [0.1, 0.15) is 23.7 Å². The van der Waals surface area contributed by atoms with Crippen LogP contribution in [0.2, 0.25) is 0 Å². The van der Waals surface area contributed by atoms with Gasteiger partial charge in [-0.3, -0.25) is 4.79 Å². The van der Waals surface area contributed by atoms with E-state index < -0.39 is 40.5 Å². The van der Waals surface area contributed by atoms with Crippen LogP contribution in [0.1, 0.15) is 45.7 Å². The fourth-order valence-corrected chi connectivity index (χ4v) is 6.39. The molecule has 0 fully saturated rings. The largest absolute Gasteiger partial charge is 1.00 e. The van der Waals surface area contributed by atoms with Crippen molar-refractivity contribution >= 4 is 17.3 Å². The third kappa shape index (κ3) is 7.82. The molecule has 0 aliphatic rings. The van der Waals surface area contributed by atoms with Gasteiger partial charge in [-0.05, 0) is 67.9 Å². The minimum Gasteiger partial charge on any atom is -1.00 e. The molecule has 0 bridgehead atoms. The summed E-state index contributed by atoms with van der Waals surface area (Å²) in [6, 6.07) is 13.8. The Morgan fingerprint density at radius 1 is 1.12 bits per heavy atom. The van der Waals surface area contributed by atoms with Crippen LogP contribution in [0, 0.1) is 42.6 Å². The number of nitriles is 1. The summed E-state index contributed by atoms with van der Waals surface area (Å²) < 4.78 is 52.4. The first kappa shape index (κ1) is 36.4. The number of aromatic nitrogens is 4. The molecule has 0 saturated carbocycles. The molecule has 48 heavy (non-hydrogen) atoms. The molecule has 2 heterocycles. The summed E-state index contributed by atoms with van der Waals surface area (Å²) in [7, 11) is 1.66. The third-order valence-electron chi connectivity index (χ3n) is 7.85. The Hall–Kier alpha value is -4.42. The molecule has 0 unspecified atom stereocenters. The molecule has 0 amide bonds. The van der Waals surface area contributed by atoms with E-state index >= 15 is 4.39 Å². The van der Waals surface area contributed by atoms with Crippen LogP contribution in [0.4, 0.5) is 13.2 Å². The summed E-state index contributed by atoms with van der Waals surface area (Å²) in [5.74, 6) is -4.57. The maximum absolute atomic E-state index is 15.3. The van der Waals surface area contributed by atoms with Crippen molar-refractivity contribution in [1.29, 1.82) is 5.26 Å². The predicted molar refractivity (Wildman–Crippen MR) is 168 cm³/mol. The number of carbonyl (C=O) groups excluding carboxylic acids is 1. The van der Waals surface area contributed by atoms with Gasteiger partial charge in [-0.2, -0.15) is 5.26 Å². The molecule has 3 aromatic carbocycles. The number of likely N-dealkylation sites (N-methyl/N-ethyl adjacent to an activating group) is 1. The number of thiazole rings is 1. The van der Waals surface area contributed by atoms with E-state index in [1.54, 1.807) is 54.5 Å². The molecule has 2 atom stereocenters. The van der Waals surface area contributed by atoms with Crippen molar-refractivity contribution in [2.24, 2.45) is 0 Å². The number of hydrogen-bond donors (Lipinski definition) is 2. The predicted octanol–water partition coefficient (Wildman–Crippen LogP) is 2.07. The van der Waals surface area contributed by atoms with Crippen LogP contribution in [0.5, 0.6) is 5.75 Å². The summed E-state index contributed by atoms with van der Waals surface area (Å²) in [5, 5.41) is 30.6. The minimum absolute atomic E-state index is 0. The van der Waals surface area contributed by atoms with Crippen LogP contribution in [0.25, 0.3) is 11.3 Å². The van der Waals surface area contributed by atoms with E-state index in [1.165, 1.54) is 22.3 Å². The van der Waals surface area contributed by atoms with Crippen LogP contribution in [0.15, 0.2) is 66.6 Å². The van der Waals surface area contributed by atoms with Crippen molar-refractivity contribution in [3.8, 4) is 23.1 Å². The molecule has 0 aliphatic carbocycles. The number of rotatable bonds is 11. The van der Waals surface area contributed by atoms with Crippen LogP contribution in [-0.4, -0.2) is 39.4 Å². The zero-order chi connectivity index (χ0) is 33.9. The molecule has 14 heteroatoms. The monoisotopic (exact) mass is 740 g/mol. The number of esters is 1. The number of ether oxygens (including phenoxy) is 1. The van der Waals surface area contributed by atoms with Crippen LogP contribution >= 0.6 is 11.3 Å². The normalized spacial score (nSPS) is 12.9. The zero-order valence-electron chi connectivity index (χ0n) is 26.5. The lowest BCUT2D eigenvalue weighted by Gasteiger charge is -2.32. The first-order valence-electron chi connectivity index (χ1n) is 14.6. The highest BCUT2D eigenvalue weighted by atomic mass is 79.9. The van der Waals surface area contributed by atoms with Gasteiger partial charge in [-0.25, -0.2) is 22.7 Å². The summed E-state index contributed by atoms with van der Waals surface area (Å²) in [6.07, 6.45) is 3.15. The molecule has 0 aliphatic heterocycles. The minimum atomic E-state index is -2.10. The van der Waals surface area contributed by atoms with Gasteiger partial charge >= 0.3 is 5.97 Å². The number of nitrogens with zero attached hydrogens (tertiary/aromatic N) is 5. The van der Waals surface area contributed by atoms with E-state index in [0.717, 1.165) is 22.3 Å². The molecule has 0 radical (unpaired) electrons. The maximum Gasteiger partial charge on any atom is 0.325 e. The summed E-state index contributed by atoms with van der Waals surface area (Å²) in [6.45, 7) is 5.46. The lowest BCUT2D eigenvalue weighted by Crippen LogP contribution is -3.00. The molecule has 2 aromatic heterocycles. The van der Waals surface area contributed by atoms with E-state index in [0.29, 0.717) is 40.7 Å². The van der Waals surface area contributed by atoms with Crippen molar-refractivity contribution in [3.05, 3.63) is 117 Å². The number of benzene rings is 3. The molecule has 5 aromatic rings. The zero-order valence-corrected chi connectivity index (χ0v) is 28.9. The third-order valence-corrected chi connectivity index (χ3v) is 8.88. The molecule has 0 spiro atoms. The van der Waals surface area contributed by atoms with Crippen molar-refractivity contribution < 1.29 is 49.4 Å². The lowest BCUT2D eigenvalue weighted by atomic mass is 9.82. The molecule has 5 rings (SSSR count). The highest BCUT2D eigenvalue weighted by Gasteiger charge is 2.44. The molecule has 2 N–H and O–H groups in total. The Bertz CT molecular complexity index is 1950. The van der Waals surface area contributed by atoms with Gasteiger partial charge in [-0.1, -0.05) is 19.1 Å². The van der Waals surface area contributed by atoms with Crippen molar-refractivity contribution in [2.45, 2.75) is 45.4 Å².